The van der Waals surface area contributed by atoms with Crippen molar-refractivity contribution in [3.8, 4) is 0 Å². The molecule has 86 valence electrons. The zero-order valence-corrected chi connectivity index (χ0v) is 11.2. The molecule has 2 nitrogen and oxygen atoms in total. The fourth-order valence-corrected chi connectivity index (χ4v) is 2.94. The van der Waals surface area contributed by atoms with Gasteiger partial charge in [-0.25, -0.2) is 4.98 Å². The predicted molar refractivity (Wildman–Crippen MR) is 67.3 cm³/mol. The van der Waals surface area contributed by atoms with Crippen molar-refractivity contribution in [2.75, 3.05) is 0 Å². The van der Waals surface area contributed by atoms with E-state index in [1.165, 1.54) is 15.6 Å². The summed E-state index contributed by atoms with van der Waals surface area (Å²) in [7, 11) is 0. The molecule has 0 atom stereocenters. The molecule has 0 aliphatic rings. The number of nitrogens with two attached hydrogens (primary N) is 1. The Hall–Kier alpha value is -0.410. The van der Waals surface area contributed by atoms with E-state index in [2.05, 4.69) is 34.6 Å². The van der Waals surface area contributed by atoms with E-state index in [0.717, 1.165) is 6.42 Å². The van der Waals surface area contributed by atoms with Crippen LogP contribution in [0.3, 0.4) is 0 Å². The van der Waals surface area contributed by atoms with Crippen LogP contribution in [0.1, 0.15) is 56.1 Å². The van der Waals surface area contributed by atoms with Gasteiger partial charge in [-0.3, -0.25) is 0 Å². The highest BCUT2D eigenvalue weighted by molar-refractivity contribution is 7.11. The van der Waals surface area contributed by atoms with Gasteiger partial charge in [-0.15, -0.1) is 11.3 Å². The standard InChI is InChI=1S/C12H22N2S/c1-8(2)11-9(7-13)15-10(14-11)6-12(3,4)5/h8H,6-7,13H2,1-5H3. The molecule has 0 amide bonds. The zero-order chi connectivity index (χ0) is 11.6. The SMILES string of the molecule is CC(C)c1nc(CC(C)(C)C)sc1CN. The summed E-state index contributed by atoms with van der Waals surface area (Å²) in [5.41, 5.74) is 7.24. The van der Waals surface area contributed by atoms with Crippen LogP contribution in [0.25, 0.3) is 0 Å². The first-order valence-electron chi connectivity index (χ1n) is 5.52. The average Bonchev–Trinajstić information content (AvgIpc) is 2.44. The second-order valence-electron chi connectivity index (χ2n) is 5.51. The average molecular weight is 226 g/mol. The van der Waals surface area contributed by atoms with E-state index in [0.29, 0.717) is 17.9 Å². The first-order chi connectivity index (χ1) is 6.83. The number of thiazole rings is 1. The second kappa shape index (κ2) is 4.62. The summed E-state index contributed by atoms with van der Waals surface area (Å²) >= 11 is 1.78. The smallest absolute Gasteiger partial charge is 0.0936 e. The second-order valence-corrected chi connectivity index (χ2v) is 6.68. The minimum Gasteiger partial charge on any atom is -0.326 e. The largest absolute Gasteiger partial charge is 0.326 e. The third kappa shape index (κ3) is 3.58. The quantitative estimate of drug-likeness (QED) is 0.858. The fourth-order valence-electron chi connectivity index (χ4n) is 1.54. The molecule has 15 heavy (non-hydrogen) atoms. The third-order valence-electron chi connectivity index (χ3n) is 2.19. The predicted octanol–water partition coefficient (Wildman–Crippen LogP) is 3.31. The molecular formula is C12H22N2S. The number of hydrogen-bond acceptors (Lipinski definition) is 3. The Morgan fingerprint density at radius 3 is 2.27 bits per heavy atom. The normalized spacial score (nSPS) is 12.5. The van der Waals surface area contributed by atoms with Crippen LogP contribution in [0.5, 0.6) is 0 Å². The van der Waals surface area contributed by atoms with E-state index in [1.54, 1.807) is 11.3 Å². The van der Waals surface area contributed by atoms with E-state index < -0.39 is 0 Å². The molecule has 0 fully saturated rings. The van der Waals surface area contributed by atoms with Gasteiger partial charge in [-0.05, 0) is 11.3 Å². The van der Waals surface area contributed by atoms with Crippen molar-refractivity contribution >= 4 is 11.3 Å². The highest BCUT2D eigenvalue weighted by atomic mass is 32.1. The number of rotatable bonds is 3. The zero-order valence-electron chi connectivity index (χ0n) is 10.4. The molecular weight excluding hydrogens is 204 g/mol. The Morgan fingerprint density at radius 2 is 1.93 bits per heavy atom. The molecule has 0 radical (unpaired) electrons. The summed E-state index contributed by atoms with van der Waals surface area (Å²) in [6.45, 7) is 11.7. The van der Waals surface area contributed by atoms with Crippen molar-refractivity contribution in [3.05, 3.63) is 15.6 Å². The van der Waals surface area contributed by atoms with Crippen LogP contribution in [0.15, 0.2) is 0 Å². The van der Waals surface area contributed by atoms with Crippen molar-refractivity contribution < 1.29 is 0 Å². The Morgan fingerprint density at radius 1 is 1.33 bits per heavy atom. The van der Waals surface area contributed by atoms with Gasteiger partial charge >= 0.3 is 0 Å². The lowest BCUT2D eigenvalue weighted by Gasteiger charge is -2.15. The number of aromatic nitrogens is 1. The van der Waals surface area contributed by atoms with E-state index in [-0.39, 0.29) is 0 Å². The van der Waals surface area contributed by atoms with Crippen molar-refractivity contribution in [2.45, 2.75) is 53.5 Å². The lowest BCUT2D eigenvalue weighted by atomic mass is 9.93. The lowest BCUT2D eigenvalue weighted by molar-refractivity contribution is 0.410. The molecule has 3 heteroatoms. The lowest BCUT2D eigenvalue weighted by Crippen LogP contribution is -2.08. The van der Waals surface area contributed by atoms with Gasteiger partial charge in [0.25, 0.3) is 0 Å². The summed E-state index contributed by atoms with van der Waals surface area (Å²) < 4.78 is 0. The maximum Gasteiger partial charge on any atom is 0.0936 e. The molecule has 0 aliphatic carbocycles. The minimum absolute atomic E-state index is 0.304. The summed E-state index contributed by atoms with van der Waals surface area (Å²) in [6, 6.07) is 0. The molecule has 0 bridgehead atoms. The minimum atomic E-state index is 0.304. The molecule has 2 N–H and O–H groups in total. The van der Waals surface area contributed by atoms with E-state index in [9.17, 15) is 0 Å². The van der Waals surface area contributed by atoms with Crippen LogP contribution in [0, 0.1) is 5.41 Å². The van der Waals surface area contributed by atoms with Gasteiger partial charge < -0.3 is 5.73 Å². The number of nitrogens with zero attached hydrogens (tertiary/aromatic N) is 1. The van der Waals surface area contributed by atoms with Crippen LogP contribution >= 0.6 is 11.3 Å². The summed E-state index contributed by atoms with van der Waals surface area (Å²) in [5, 5.41) is 1.23. The summed E-state index contributed by atoms with van der Waals surface area (Å²) in [4.78, 5) is 5.96. The van der Waals surface area contributed by atoms with Crippen LogP contribution < -0.4 is 5.73 Å². The summed E-state index contributed by atoms with van der Waals surface area (Å²) in [6.07, 6.45) is 1.04. The van der Waals surface area contributed by atoms with Gasteiger partial charge in [0.1, 0.15) is 0 Å². The Labute approximate surface area is 96.9 Å². The van der Waals surface area contributed by atoms with Crippen molar-refractivity contribution in [1.82, 2.24) is 4.98 Å². The highest BCUT2D eigenvalue weighted by Gasteiger charge is 2.18. The molecule has 0 unspecified atom stereocenters. The van der Waals surface area contributed by atoms with Crippen LogP contribution in [0.4, 0.5) is 0 Å². The van der Waals surface area contributed by atoms with Gasteiger partial charge in [0.15, 0.2) is 0 Å². The van der Waals surface area contributed by atoms with E-state index in [4.69, 9.17) is 10.7 Å². The summed E-state index contributed by atoms with van der Waals surface area (Å²) in [5.74, 6) is 0.480. The Balaban J connectivity index is 2.93. The molecule has 1 rings (SSSR count). The highest BCUT2D eigenvalue weighted by Crippen LogP contribution is 2.29. The maximum absolute atomic E-state index is 5.74. The molecule has 0 saturated carbocycles. The fraction of sp³-hybridized carbons (Fsp3) is 0.750. The van der Waals surface area contributed by atoms with Crippen molar-refractivity contribution in [2.24, 2.45) is 11.1 Å². The molecule has 1 aromatic rings. The topological polar surface area (TPSA) is 38.9 Å². The van der Waals surface area contributed by atoms with Gasteiger partial charge in [0.05, 0.1) is 10.7 Å². The van der Waals surface area contributed by atoms with Gasteiger partial charge in [-0.2, -0.15) is 0 Å². The first kappa shape index (κ1) is 12.7. The number of hydrogen-bond donors (Lipinski definition) is 1. The van der Waals surface area contributed by atoms with Crippen molar-refractivity contribution in [1.29, 1.82) is 0 Å². The monoisotopic (exact) mass is 226 g/mol. The van der Waals surface area contributed by atoms with Crippen LogP contribution in [-0.4, -0.2) is 4.98 Å². The maximum atomic E-state index is 5.74. The van der Waals surface area contributed by atoms with Crippen LogP contribution in [0.2, 0.25) is 0 Å². The van der Waals surface area contributed by atoms with Crippen LogP contribution in [-0.2, 0) is 13.0 Å². The van der Waals surface area contributed by atoms with E-state index in [1.807, 2.05) is 0 Å². The van der Waals surface area contributed by atoms with E-state index >= 15 is 0 Å². The van der Waals surface area contributed by atoms with Crippen molar-refractivity contribution in [3.63, 3.8) is 0 Å². The molecule has 0 aromatic carbocycles. The first-order valence-corrected chi connectivity index (χ1v) is 6.33. The van der Waals surface area contributed by atoms with Gasteiger partial charge in [0.2, 0.25) is 0 Å². The molecule has 1 aromatic heterocycles. The third-order valence-corrected chi connectivity index (χ3v) is 3.28. The molecule has 1 heterocycles. The molecule has 0 spiro atoms. The molecule has 0 saturated heterocycles. The van der Waals surface area contributed by atoms with Gasteiger partial charge in [-0.1, -0.05) is 34.6 Å². The Bertz CT molecular complexity index is 321. The Kier molecular flexibility index (Phi) is 3.90. The molecule has 0 aliphatic heterocycles. The van der Waals surface area contributed by atoms with Gasteiger partial charge in [0, 0.05) is 17.8 Å².